The lowest BCUT2D eigenvalue weighted by Gasteiger charge is -2.18. The second kappa shape index (κ2) is 8.29. The summed E-state index contributed by atoms with van der Waals surface area (Å²) in [6, 6.07) is 15.3. The Kier molecular flexibility index (Phi) is 6.01. The second-order valence-corrected chi connectivity index (χ2v) is 7.41. The van der Waals surface area contributed by atoms with Crippen LogP contribution in [0.25, 0.3) is 16.9 Å². The van der Waals surface area contributed by atoms with Gasteiger partial charge in [-0.3, -0.25) is 0 Å². The van der Waals surface area contributed by atoms with Crippen LogP contribution >= 0.6 is 23.2 Å². The summed E-state index contributed by atoms with van der Waals surface area (Å²) in [4.78, 5) is 14.8. The normalized spacial score (nSPS) is 10.8. The summed E-state index contributed by atoms with van der Waals surface area (Å²) < 4.78 is 7.35. The van der Waals surface area contributed by atoms with E-state index in [-0.39, 0.29) is 5.97 Å². The van der Waals surface area contributed by atoms with E-state index in [1.165, 1.54) is 0 Å². The van der Waals surface area contributed by atoms with Gasteiger partial charge in [-0.25, -0.2) is 4.79 Å². The first kappa shape index (κ1) is 20.3. The summed E-state index contributed by atoms with van der Waals surface area (Å²) in [7, 11) is 3.83. The van der Waals surface area contributed by atoms with E-state index in [1.807, 2.05) is 66.9 Å². The monoisotopic (exact) mass is 416 g/mol. The minimum absolute atomic E-state index is 0.304. The van der Waals surface area contributed by atoms with Crippen molar-refractivity contribution < 1.29 is 9.53 Å². The molecule has 0 saturated heterocycles. The van der Waals surface area contributed by atoms with Crippen LogP contribution in [-0.4, -0.2) is 31.2 Å². The molecule has 3 aromatic rings. The highest BCUT2D eigenvalue weighted by molar-refractivity contribution is 6.35. The van der Waals surface area contributed by atoms with E-state index in [0.29, 0.717) is 22.2 Å². The summed E-state index contributed by atoms with van der Waals surface area (Å²) in [5.74, 6) is -0.357. The lowest BCUT2D eigenvalue weighted by Crippen LogP contribution is -2.15. The molecule has 28 heavy (non-hydrogen) atoms. The number of rotatable bonds is 5. The minimum atomic E-state index is -0.357. The van der Waals surface area contributed by atoms with Crippen LogP contribution in [0.3, 0.4) is 0 Å². The Labute approximate surface area is 175 Å². The Bertz CT molecular complexity index is 1010. The van der Waals surface area contributed by atoms with Gasteiger partial charge in [-0.05, 0) is 32.0 Å². The van der Waals surface area contributed by atoms with Gasteiger partial charge in [0.25, 0.3) is 0 Å². The average Bonchev–Trinajstić information content (AvgIpc) is 2.96. The second-order valence-electron chi connectivity index (χ2n) is 6.57. The lowest BCUT2D eigenvalue weighted by molar-refractivity contribution is 0.0526. The van der Waals surface area contributed by atoms with E-state index < -0.39 is 0 Å². The first-order valence-electron chi connectivity index (χ1n) is 8.97. The van der Waals surface area contributed by atoms with E-state index in [2.05, 4.69) is 0 Å². The maximum Gasteiger partial charge on any atom is 0.342 e. The van der Waals surface area contributed by atoms with Crippen LogP contribution in [0.5, 0.6) is 0 Å². The molecule has 0 atom stereocenters. The number of aromatic nitrogens is 1. The van der Waals surface area contributed by atoms with Gasteiger partial charge in [0.15, 0.2) is 0 Å². The third-order valence-corrected chi connectivity index (χ3v) is 5.04. The van der Waals surface area contributed by atoms with Crippen molar-refractivity contribution in [3.05, 3.63) is 69.8 Å². The minimum Gasteiger partial charge on any atom is -0.462 e. The molecule has 0 bridgehead atoms. The first-order valence-corrected chi connectivity index (χ1v) is 9.73. The van der Waals surface area contributed by atoms with Crippen LogP contribution < -0.4 is 4.90 Å². The highest BCUT2D eigenvalue weighted by Crippen LogP contribution is 2.42. The Morgan fingerprint density at radius 1 is 1.11 bits per heavy atom. The summed E-state index contributed by atoms with van der Waals surface area (Å²) in [5.41, 5.74) is 4.66. The third-order valence-electron chi connectivity index (χ3n) is 4.51. The molecule has 0 amide bonds. The molecule has 0 aliphatic rings. The Hall–Kier alpha value is -2.43. The fourth-order valence-corrected chi connectivity index (χ4v) is 3.88. The van der Waals surface area contributed by atoms with Crippen LogP contribution in [0.4, 0.5) is 5.69 Å². The van der Waals surface area contributed by atoms with Crippen molar-refractivity contribution in [1.29, 1.82) is 0 Å². The summed E-state index contributed by atoms with van der Waals surface area (Å²) in [6.45, 7) is 4.00. The molecule has 2 aromatic carbocycles. The molecule has 146 valence electrons. The van der Waals surface area contributed by atoms with E-state index in [4.69, 9.17) is 27.9 Å². The number of benzene rings is 2. The van der Waals surface area contributed by atoms with Gasteiger partial charge < -0.3 is 14.2 Å². The lowest BCUT2D eigenvalue weighted by atomic mass is 10.1. The number of esters is 1. The van der Waals surface area contributed by atoms with E-state index in [0.717, 1.165) is 28.3 Å². The maximum atomic E-state index is 12.8. The number of carbonyl (C=O) groups is 1. The van der Waals surface area contributed by atoms with Crippen LogP contribution in [0, 0.1) is 6.92 Å². The highest BCUT2D eigenvalue weighted by atomic mass is 35.5. The molecule has 1 heterocycles. The number of ether oxygens (including phenoxy) is 1. The van der Waals surface area contributed by atoms with Gasteiger partial charge >= 0.3 is 5.97 Å². The van der Waals surface area contributed by atoms with Gasteiger partial charge in [-0.15, -0.1) is 0 Å². The maximum absolute atomic E-state index is 12.8. The zero-order valence-electron chi connectivity index (χ0n) is 16.3. The van der Waals surface area contributed by atoms with Gasteiger partial charge in [0.2, 0.25) is 0 Å². The number of carbonyl (C=O) groups excluding carboxylic acids is 1. The molecule has 0 spiro atoms. The zero-order valence-corrected chi connectivity index (χ0v) is 17.8. The molecule has 0 saturated carbocycles. The largest absolute Gasteiger partial charge is 0.462 e. The number of nitrogens with zero attached hydrogens (tertiary/aromatic N) is 2. The fourth-order valence-electron chi connectivity index (χ4n) is 3.38. The van der Waals surface area contributed by atoms with Crippen LogP contribution in [-0.2, 0) is 4.74 Å². The smallest absolute Gasteiger partial charge is 0.342 e. The van der Waals surface area contributed by atoms with Crippen LogP contribution in [0.15, 0.2) is 48.5 Å². The number of hydrogen-bond acceptors (Lipinski definition) is 3. The molecule has 6 heteroatoms. The van der Waals surface area contributed by atoms with Crippen molar-refractivity contribution in [2.75, 3.05) is 25.6 Å². The standard InChI is InChI=1S/C22H22Cl2N2O2/c1-5-28-22(27)19-14(2)26(18-12-11-16(23)13-17(18)24)20(21(19)25(3)4)15-9-7-6-8-10-15/h6-13H,5H2,1-4H3. The Morgan fingerprint density at radius 3 is 2.36 bits per heavy atom. The van der Waals surface area contributed by atoms with Crippen molar-refractivity contribution in [3.63, 3.8) is 0 Å². The summed E-state index contributed by atoms with van der Waals surface area (Å²) in [6.07, 6.45) is 0. The molecule has 0 radical (unpaired) electrons. The first-order chi connectivity index (χ1) is 13.4. The fraction of sp³-hybridized carbons (Fsp3) is 0.227. The zero-order chi connectivity index (χ0) is 20.4. The molecule has 4 nitrogen and oxygen atoms in total. The predicted molar refractivity (Wildman–Crippen MR) is 116 cm³/mol. The van der Waals surface area contributed by atoms with E-state index in [9.17, 15) is 4.79 Å². The van der Waals surface area contributed by atoms with Crippen molar-refractivity contribution in [1.82, 2.24) is 4.57 Å². The predicted octanol–water partition coefficient (Wildman–Crippen LogP) is 6.00. The van der Waals surface area contributed by atoms with Gasteiger partial charge in [-0.1, -0.05) is 53.5 Å². The number of halogens is 2. The summed E-state index contributed by atoms with van der Waals surface area (Å²) in [5, 5.41) is 1.06. The molecule has 0 aliphatic carbocycles. The molecule has 0 N–H and O–H groups in total. The van der Waals surface area contributed by atoms with Crippen molar-refractivity contribution in [3.8, 4) is 16.9 Å². The Balaban J connectivity index is 2.43. The van der Waals surface area contributed by atoms with Crippen molar-refractivity contribution in [2.24, 2.45) is 0 Å². The van der Waals surface area contributed by atoms with Crippen LogP contribution in [0.1, 0.15) is 23.0 Å². The van der Waals surface area contributed by atoms with E-state index >= 15 is 0 Å². The van der Waals surface area contributed by atoms with E-state index in [1.54, 1.807) is 19.1 Å². The molecular formula is C22H22Cl2N2O2. The molecule has 0 aliphatic heterocycles. The van der Waals surface area contributed by atoms with Gasteiger partial charge in [0.1, 0.15) is 5.56 Å². The Morgan fingerprint density at radius 2 is 1.79 bits per heavy atom. The molecular weight excluding hydrogens is 395 g/mol. The molecule has 3 rings (SSSR count). The topological polar surface area (TPSA) is 34.5 Å². The average molecular weight is 417 g/mol. The highest BCUT2D eigenvalue weighted by Gasteiger charge is 2.29. The van der Waals surface area contributed by atoms with Crippen molar-refractivity contribution >= 4 is 34.9 Å². The quantitative estimate of drug-likeness (QED) is 0.478. The summed E-state index contributed by atoms with van der Waals surface area (Å²) >= 11 is 12.6. The third kappa shape index (κ3) is 3.62. The van der Waals surface area contributed by atoms with Gasteiger partial charge in [0, 0.05) is 30.4 Å². The molecule has 0 unspecified atom stereocenters. The van der Waals surface area contributed by atoms with Gasteiger partial charge in [-0.2, -0.15) is 0 Å². The SMILES string of the molecule is CCOC(=O)c1c(N(C)C)c(-c2ccccc2)n(-c2ccc(Cl)cc2Cl)c1C. The van der Waals surface area contributed by atoms with Gasteiger partial charge in [0.05, 0.1) is 28.7 Å². The number of anilines is 1. The molecule has 0 fully saturated rings. The van der Waals surface area contributed by atoms with Crippen LogP contribution in [0.2, 0.25) is 10.0 Å². The molecule has 1 aromatic heterocycles. The number of hydrogen-bond donors (Lipinski definition) is 0. The van der Waals surface area contributed by atoms with Crippen molar-refractivity contribution in [2.45, 2.75) is 13.8 Å².